The van der Waals surface area contributed by atoms with Crippen LogP contribution in [0.2, 0.25) is 0 Å². The van der Waals surface area contributed by atoms with Crippen LogP contribution in [0.15, 0.2) is 18.5 Å². The quantitative estimate of drug-likeness (QED) is 0.800. The lowest BCUT2D eigenvalue weighted by Gasteiger charge is -2.33. The zero-order valence-electron chi connectivity index (χ0n) is 9.32. The van der Waals surface area contributed by atoms with E-state index in [1.54, 1.807) is 0 Å². The van der Waals surface area contributed by atoms with Crippen LogP contribution in [0, 0.1) is 5.92 Å². The van der Waals surface area contributed by atoms with E-state index in [1.807, 2.05) is 12.4 Å². The first-order valence-electron chi connectivity index (χ1n) is 5.69. The lowest BCUT2D eigenvalue weighted by atomic mass is 9.99. The minimum absolute atomic E-state index is 0.577. The van der Waals surface area contributed by atoms with Crippen molar-refractivity contribution in [3.8, 4) is 0 Å². The molecule has 1 aliphatic rings. The Morgan fingerprint density at radius 1 is 1.60 bits per heavy atom. The van der Waals surface area contributed by atoms with Crippen LogP contribution in [0.4, 0.5) is 5.69 Å². The molecule has 0 aromatic carbocycles. The summed E-state index contributed by atoms with van der Waals surface area (Å²) in [6.45, 7) is 5.20. The molecule has 2 N–H and O–H groups in total. The molecule has 0 aliphatic carbocycles. The number of nitrogens with zero attached hydrogens (tertiary/aromatic N) is 2. The molecule has 0 bridgehead atoms. The molecule has 82 valence electrons. The van der Waals surface area contributed by atoms with E-state index in [-0.39, 0.29) is 0 Å². The van der Waals surface area contributed by atoms with Crippen molar-refractivity contribution in [3.63, 3.8) is 0 Å². The Morgan fingerprint density at radius 2 is 2.47 bits per heavy atom. The van der Waals surface area contributed by atoms with Gasteiger partial charge in [0.25, 0.3) is 0 Å². The Hall–Kier alpha value is -1.09. The van der Waals surface area contributed by atoms with Gasteiger partial charge in [-0.2, -0.15) is 0 Å². The molecule has 0 unspecified atom stereocenters. The second-order valence-electron chi connectivity index (χ2n) is 4.40. The first-order valence-corrected chi connectivity index (χ1v) is 5.69. The van der Waals surface area contributed by atoms with Crippen LogP contribution in [0.3, 0.4) is 0 Å². The van der Waals surface area contributed by atoms with E-state index >= 15 is 0 Å². The number of piperidine rings is 1. The van der Waals surface area contributed by atoms with Crippen LogP contribution < -0.4 is 10.6 Å². The number of pyridine rings is 1. The van der Waals surface area contributed by atoms with E-state index in [9.17, 15) is 0 Å². The summed E-state index contributed by atoms with van der Waals surface area (Å²) in [6.07, 6.45) is 6.37. The smallest absolute Gasteiger partial charge is 0.0442 e. The number of hydrogen-bond acceptors (Lipinski definition) is 3. The fraction of sp³-hybridized carbons (Fsp3) is 0.583. The molecule has 0 amide bonds. The van der Waals surface area contributed by atoms with Gasteiger partial charge >= 0.3 is 0 Å². The van der Waals surface area contributed by atoms with Gasteiger partial charge in [0.2, 0.25) is 0 Å². The number of anilines is 1. The van der Waals surface area contributed by atoms with Gasteiger partial charge in [-0.15, -0.1) is 0 Å². The number of hydrogen-bond donors (Lipinski definition) is 1. The molecule has 15 heavy (non-hydrogen) atoms. The zero-order valence-corrected chi connectivity index (χ0v) is 9.32. The van der Waals surface area contributed by atoms with Crippen molar-refractivity contribution in [3.05, 3.63) is 24.0 Å². The highest BCUT2D eigenvalue weighted by molar-refractivity contribution is 5.52. The van der Waals surface area contributed by atoms with E-state index in [1.165, 1.54) is 18.5 Å². The molecule has 1 saturated heterocycles. The summed E-state index contributed by atoms with van der Waals surface area (Å²) >= 11 is 0. The maximum absolute atomic E-state index is 5.73. The van der Waals surface area contributed by atoms with Gasteiger partial charge in [-0.1, -0.05) is 6.92 Å². The van der Waals surface area contributed by atoms with Crippen LogP contribution >= 0.6 is 0 Å². The summed E-state index contributed by atoms with van der Waals surface area (Å²) in [7, 11) is 0. The van der Waals surface area contributed by atoms with E-state index in [4.69, 9.17) is 5.73 Å². The van der Waals surface area contributed by atoms with Crippen LogP contribution in [0.5, 0.6) is 0 Å². The Bertz CT molecular complexity index is 324. The normalized spacial score (nSPS) is 21.7. The predicted octanol–water partition coefficient (Wildman–Crippen LogP) is 1.78. The Morgan fingerprint density at radius 3 is 3.20 bits per heavy atom. The molecule has 1 aromatic heterocycles. The second-order valence-corrected chi connectivity index (χ2v) is 4.40. The van der Waals surface area contributed by atoms with Crippen molar-refractivity contribution < 1.29 is 0 Å². The average molecular weight is 205 g/mol. The SMILES string of the molecule is C[C@H]1CCCN(c2ccncc2CN)C1. The molecule has 2 rings (SSSR count). The number of aromatic nitrogens is 1. The Kier molecular flexibility index (Phi) is 3.21. The van der Waals surface area contributed by atoms with Crippen molar-refractivity contribution in [2.45, 2.75) is 26.3 Å². The standard InChI is InChI=1S/C12H19N3/c1-10-3-2-6-15(9-10)12-4-5-14-8-11(12)7-13/h4-5,8,10H,2-3,6-7,9,13H2,1H3/t10-/m0/s1. The van der Waals surface area contributed by atoms with E-state index < -0.39 is 0 Å². The van der Waals surface area contributed by atoms with Crippen LogP contribution in [0.1, 0.15) is 25.3 Å². The van der Waals surface area contributed by atoms with Crippen molar-refractivity contribution in [2.24, 2.45) is 11.7 Å². The fourth-order valence-electron chi connectivity index (χ4n) is 2.29. The summed E-state index contributed by atoms with van der Waals surface area (Å²) < 4.78 is 0. The second kappa shape index (κ2) is 4.62. The highest BCUT2D eigenvalue weighted by Gasteiger charge is 2.18. The predicted molar refractivity (Wildman–Crippen MR) is 62.7 cm³/mol. The van der Waals surface area contributed by atoms with Crippen molar-refractivity contribution in [2.75, 3.05) is 18.0 Å². The van der Waals surface area contributed by atoms with Gasteiger partial charge in [-0.25, -0.2) is 0 Å². The lowest BCUT2D eigenvalue weighted by molar-refractivity contribution is 0.446. The number of rotatable bonds is 2. The monoisotopic (exact) mass is 205 g/mol. The number of nitrogens with two attached hydrogens (primary N) is 1. The van der Waals surface area contributed by atoms with Gasteiger partial charge < -0.3 is 10.6 Å². The maximum atomic E-state index is 5.73. The lowest BCUT2D eigenvalue weighted by Crippen LogP contribution is -2.35. The molecular weight excluding hydrogens is 186 g/mol. The van der Waals surface area contributed by atoms with Gasteiger partial charge in [0.05, 0.1) is 0 Å². The summed E-state index contributed by atoms with van der Waals surface area (Å²) in [6, 6.07) is 2.08. The molecule has 1 fully saturated rings. The van der Waals surface area contributed by atoms with Gasteiger partial charge in [0, 0.05) is 43.3 Å². The van der Waals surface area contributed by atoms with Crippen LogP contribution in [-0.2, 0) is 6.54 Å². The van der Waals surface area contributed by atoms with Gasteiger partial charge in [-0.05, 0) is 24.8 Å². The van der Waals surface area contributed by atoms with Crippen molar-refractivity contribution in [1.82, 2.24) is 4.98 Å². The van der Waals surface area contributed by atoms with E-state index in [0.717, 1.165) is 24.6 Å². The fourth-order valence-corrected chi connectivity index (χ4v) is 2.29. The summed E-state index contributed by atoms with van der Waals surface area (Å²) in [4.78, 5) is 6.57. The minimum Gasteiger partial charge on any atom is -0.371 e. The van der Waals surface area contributed by atoms with Crippen molar-refractivity contribution >= 4 is 5.69 Å². The van der Waals surface area contributed by atoms with Gasteiger partial charge in [-0.3, -0.25) is 4.98 Å². The molecule has 3 heteroatoms. The third-order valence-corrected chi connectivity index (χ3v) is 3.10. The molecule has 1 aromatic rings. The Balaban J connectivity index is 2.20. The Labute approximate surface area is 91.3 Å². The molecule has 1 atom stereocenters. The van der Waals surface area contributed by atoms with E-state index in [0.29, 0.717) is 6.54 Å². The highest BCUT2D eigenvalue weighted by Crippen LogP contribution is 2.25. The molecule has 3 nitrogen and oxygen atoms in total. The summed E-state index contributed by atoms with van der Waals surface area (Å²) in [5.41, 5.74) is 8.16. The molecule has 1 aliphatic heterocycles. The average Bonchev–Trinajstić information content (AvgIpc) is 2.29. The molecule has 2 heterocycles. The maximum Gasteiger partial charge on any atom is 0.0442 e. The third-order valence-electron chi connectivity index (χ3n) is 3.10. The molecule has 0 radical (unpaired) electrons. The van der Waals surface area contributed by atoms with Gasteiger partial charge in [0.1, 0.15) is 0 Å². The zero-order chi connectivity index (χ0) is 10.7. The summed E-state index contributed by atoms with van der Waals surface area (Å²) in [5.74, 6) is 0.789. The van der Waals surface area contributed by atoms with Crippen LogP contribution in [0.25, 0.3) is 0 Å². The van der Waals surface area contributed by atoms with Crippen molar-refractivity contribution in [1.29, 1.82) is 0 Å². The van der Waals surface area contributed by atoms with Gasteiger partial charge in [0.15, 0.2) is 0 Å². The summed E-state index contributed by atoms with van der Waals surface area (Å²) in [5, 5.41) is 0. The largest absolute Gasteiger partial charge is 0.371 e. The van der Waals surface area contributed by atoms with E-state index in [2.05, 4.69) is 22.9 Å². The minimum atomic E-state index is 0.577. The third kappa shape index (κ3) is 2.29. The van der Waals surface area contributed by atoms with Crippen LogP contribution in [-0.4, -0.2) is 18.1 Å². The first-order chi connectivity index (χ1) is 7.31. The molecular formula is C12H19N3. The topological polar surface area (TPSA) is 42.2 Å². The first kappa shape index (κ1) is 10.4. The molecule has 0 saturated carbocycles. The molecule has 0 spiro atoms. The highest BCUT2D eigenvalue weighted by atomic mass is 15.1.